The topological polar surface area (TPSA) is 74.8 Å². The summed E-state index contributed by atoms with van der Waals surface area (Å²) in [7, 11) is 0. The summed E-state index contributed by atoms with van der Waals surface area (Å²) in [5, 5.41) is 4.16. The molecule has 1 aromatic carbocycles. The standard InChI is InChI=1S/C17H21N3O2S/c21-15(18-12-7-3-1-2-4-8-12)11-23-17-19-14-10-6-5-9-13(14)16(22)20-17/h5-6,9-10,12H,1-4,7-8,11H2,(H,18,21)(H,19,20,22). The summed E-state index contributed by atoms with van der Waals surface area (Å²) in [5.74, 6) is 0.287. The van der Waals surface area contributed by atoms with Gasteiger partial charge in [0, 0.05) is 6.04 Å². The number of H-pyrrole nitrogens is 1. The summed E-state index contributed by atoms with van der Waals surface area (Å²) in [6.45, 7) is 0. The van der Waals surface area contributed by atoms with Crippen molar-refractivity contribution in [3.8, 4) is 0 Å². The fourth-order valence-electron chi connectivity index (χ4n) is 2.96. The highest BCUT2D eigenvalue weighted by molar-refractivity contribution is 7.99. The van der Waals surface area contributed by atoms with E-state index in [-0.39, 0.29) is 17.2 Å². The van der Waals surface area contributed by atoms with Gasteiger partial charge < -0.3 is 10.3 Å². The fourth-order valence-corrected chi connectivity index (χ4v) is 3.64. The molecule has 3 rings (SSSR count). The number of rotatable bonds is 4. The van der Waals surface area contributed by atoms with Gasteiger partial charge in [0.05, 0.1) is 16.7 Å². The first-order chi connectivity index (χ1) is 11.2. The monoisotopic (exact) mass is 331 g/mol. The SMILES string of the molecule is O=C(CSc1nc2ccccc2c(=O)[nH]1)NC1CCCCCC1. The average Bonchev–Trinajstić information content (AvgIpc) is 2.82. The molecule has 1 heterocycles. The number of thioether (sulfide) groups is 1. The number of amides is 1. The number of fused-ring (bicyclic) bond motifs is 1. The number of carbonyl (C=O) groups excluding carboxylic acids is 1. The third kappa shape index (κ3) is 4.34. The summed E-state index contributed by atoms with van der Waals surface area (Å²) >= 11 is 1.27. The van der Waals surface area contributed by atoms with E-state index in [4.69, 9.17) is 0 Å². The van der Waals surface area contributed by atoms with Crippen LogP contribution in [0.5, 0.6) is 0 Å². The summed E-state index contributed by atoms with van der Waals surface area (Å²) < 4.78 is 0. The van der Waals surface area contributed by atoms with Crippen molar-refractivity contribution in [3.63, 3.8) is 0 Å². The largest absolute Gasteiger partial charge is 0.353 e. The van der Waals surface area contributed by atoms with Gasteiger partial charge in [-0.15, -0.1) is 0 Å². The van der Waals surface area contributed by atoms with Gasteiger partial charge in [-0.05, 0) is 25.0 Å². The van der Waals surface area contributed by atoms with E-state index in [0.29, 0.717) is 22.1 Å². The molecule has 0 bridgehead atoms. The quantitative estimate of drug-likeness (QED) is 0.513. The molecule has 1 fully saturated rings. The van der Waals surface area contributed by atoms with Crippen molar-refractivity contribution >= 4 is 28.6 Å². The van der Waals surface area contributed by atoms with Crippen molar-refractivity contribution in [2.24, 2.45) is 0 Å². The number of nitrogens with zero attached hydrogens (tertiary/aromatic N) is 1. The van der Waals surface area contributed by atoms with Crippen LogP contribution < -0.4 is 10.9 Å². The highest BCUT2D eigenvalue weighted by atomic mass is 32.2. The first-order valence-corrected chi connectivity index (χ1v) is 9.12. The van der Waals surface area contributed by atoms with Crippen LogP contribution in [0, 0.1) is 0 Å². The third-order valence-electron chi connectivity index (χ3n) is 4.15. The molecular formula is C17H21N3O2S. The second-order valence-electron chi connectivity index (χ2n) is 5.93. The Balaban J connectivity index is 1.59. The number of hydrogen-bond acceptors (Lipinski definition) is 4. The van der Waals surface area contributed by atoms with Crippen molar-refractivity contribution in [1.82, 2.24) is 15.3 Å². The minimum atomic E-state index is -0.165. The molecule has 6 heteroatoms. The Morgan fingerprint density at radius 3 is 2.74 bits per heavy atom. The molecule has 23 heavy (non-hydrogen) atoms. The van der Waals surface area contributed by atoms with Crippen LogP contribution in [0.25, 0.3) is 10.9 Å². The maximum atomic E-state index is 12.1. The number of carbonyl (C=O) groups is 1. The number of benzene rings is 1. The molecule has 0 aliphatic heterocycles. The van der Waals surface area contributed by atoms with Gasteiger partial charge >= 0.3 is 0 Å². The van der Waals surface area contributed by atoms with E-state index in [0.717, 1.165) is 12.8 Å². The second kappa shape index (κ2) is 7.64. The average molecular weight is 331 g/mol. The van der Waals surface area contributed by atoms with E-state index < -0.39 is 0 Å². The maximum Gasteiger partial charge on any atom is 0.259 e. The molecule has 0 saturated heterocycles. The summed E-state index contributed by atoms with van der Waals surface area (Å²) in [6.07, 6.45) is 7.06. The number of hydrogen-bond donors (Lipinski definition) is 2. The molecule has 1 aliphatic rings. The Morgan fingerprint density at radius 2 is 1.96 bits per heavy atom. The summed E-state index contributed by atoms with van der Waals surface area (Å²) in [5.41, 5.74) is 0.491. The normalized spacial score (nSPS) is 16.2. The molecule has 2 aromatic rings. The number of aromatic amines is 1. The van der Waals surface area contributed by atoms with Crippen LogP contribution in [0.3, 0.4) is 0 Å². The maximum absolute atomic E-state index is 12.1. The Bertz CT molecular complexity index is 736. The van der Waals surface area contributed by atoms with E-state index in [2.05, 4.69) is 15.3 Å². The molecule has 0 spiro atoms. The van der Waals surface area contributed by atoms with E-state index in [1.807, 2.05) is 12.1 Å². The van der Waals surface area contributed by atoms with Gasteiger partial charge in [0.15, 0.2) is 5.16 Å². The van der Waals surface area contributed by atoms with Gasteiger partial charge in [-0.25, -0.2) is 4.98 Å². The Hall–Kier alpha value is -1.82. The minimum Gasteiger partial charge on any atom is -0.353 e. The van der Waals surface area contributed by atoms with Crippen LogP contribution >= 0.6 is 11.8 Å². The zero-order valence-electron chi connectivity index (χ0n) is 13.0. The van der Waals surface area contributed by atoms with Crippen LogP contribution in [0.4, 0.5) is 0 Å². The van der Waals surface area contributed by atoms with E-state index >= 15 is 0 Å². The lowest BCUT2D eigenvalue weighted by molar-refractivity contribution is -0.119. The van der Waals surface area contributed by atoms with Gasteiger partial charge in [0.2, 0.25) is 5.91 Å². The lowest BCUT2D eigenvalue weighted by Crippen LogP contribution is -2.35. The molecule has 122 valence electrons. The zero-order chi connectivity index (χ0) is 16.1. The molecule has 1 aromatic heterocycles. The first-order valence-electron chi connectivity index (χ1n) is 8.13. The van der Waals surface area contributed by atoms with Gasteiger partial charge in [-0.3, -0.25) is 9.59 Å². The van der Waals surface area contributed by atoms with Gasteiger partial charge in [-0.2, -0.15) is 0 Å². The van der Waals surface area contributed by atoms with Gasteiger partial charge in [0.1, 0.15) is 0 Å². The second-order valence-corrected chi connectivity index (χ2v) is 6.90. The lowest BCUT2D eigenvalue weighted by atomic mass is 10.1. The Morgan fingerprint density at radius 1 is 1.22 bits per heavy atom. The molecule has 0 atom stereocenters. The molecule has 5 nitrogen and oxygen atoms in total. The van der Waals surface area contributed by atoms with Crippen molar-refractivity contribution < 1.29 is 4.79 Å². The molecule has 2 N–H and O–H groups in total. The number of aromatic nitrogens is 2. The third-order valence-corrected chi connectivity index (χ3v) is 5.02. The van der Waals surface area contributed by atoms with Crippen molar-refractivity contribution in [2.75, 3.05) is 5.75 Å². The minimum absolute atomic E-state index is 0.0118. The summed E-state index contributed by atoms with van der Waals surface area (Å²) in [4.78, 5) is 31.2. The predicted molar refractivity (Wildman–Crippen MR) is 92.7 cm³/mol. The van der Waals surface area contributed by atoms with E-state index in [1.54, 1.807) is 12.1 Å². The molecule has 0 unspecified atom stereocenters. The van der Waals surface area contributed by atoms with E-state index in [1.165, 1.54) is 37.4 Å². The lowest BCUT2D eigenvalue weighted by Gasteiger charge is -2.15. The number of nitrogens with one attached hydrogen (secondary N) is 2. The van der Waals surface area contributed by atoms with Crippen LogP contribution in [-0.2, 0) is 4.79 Å². The van der Waals surface area contributed by atoms with Crippen molar-refractivity contribution in [2.45, 2.75) is 49.7 Å². The van der Waals surface area contributed by atoms with E-state index in [9.17, 15) is 9.59 Å². The number of para-hydroxylation sites is 1. The molecule has 1 aliphatic carbocycles. The van der Waals surface area contributed by atoms with Crippen molar-refractivity contribution in [3.05, 3.63) is 34.6 Å². The Labute approximate surface area is 139 Å². The van der Waals surface area contributed by atoms with Crippen LogP contribution in [0.15, 0.2) is 34.2 Å². The molecular weight excluding hydrogens is 310 g/mol. The van der Waals surface area contributed by atoms with Gasteiger partial charge in [-0.1, -0.05) is 49.6 Å². The van der Waals surface area contributed by atoms with Crippen LogP contribution in [0.1, 0.15) is 38.5 Å². The zero-order valence-corrected chi connectivity index (χ0v) is 13.8. The predicted octanol–water partition coefficient (Wildman–Crippen LogP) is 2.85. The highest BCUT2D eigenvalue weighted by Crippen LogP contribution is 2.18. The molecule has 1 amide bonds. The van der Waals surface area contributed by atoms with Crippen LogP contribution in [0.2, 0.25) is 0 Å². The van der Waals surface area contributed by atoms with Gasteiger partial charge in [0.25, 0.3) is 5.56 Å². The molecule has 0 radical (unpaired) electrons. The fraction of sp³-hybridized carbons (Fsp3) is 0.471. The highest BCUT2D eigenvalue weighted by Gasteiger charge is 2.15. The first kappa shape index (κ1) is 16.1. The van der Waals surface area contributed by atoms with Crippen molar-refractivity contribution in [1.29, 1.82) is 0 Å². The molecule has 1 saturated carbocycles. The van der Waals surface area contributed by atoms with Crippen LogP contribution in [-0.4, -0.2) is 27.7 Å². The summed E-state index contributed by atoms with van der Waals surface area (Å²) in [6, 6.07) is 7.51. The Kier molecular flexibility index (Phi) is 5.33. The smallest absolute Gasteiger partial charge is 0.259 e.